The minimum absolute atomic E-state index is 0. The molecule has 0 aliphatic heterocycles. The van der Waals surface area contributed by atoms with Gasteiger partial charge in [-0.2, -0.15) is 0 Å². The van der Waals surface area contributed by atoms with Crippen LogP contribution in [0.15, 0.2) is 90.9 Å². The molecule has 0 atom stereocenters. The number of anilines is 1. The predicted octanol–water partition coefficient (Wildman–Crippen LogP) is 1.54. The monoisotopic (exact) mass is 310 g/mol. The number of benzene rings is 2. The summed E-state index contributed by atoms with van der Waals surface area (Å²) in [6, 6.07) is 19.7. The van der Waals surface area contributed by atoms with E-state index < -0.39 is 0 Å². The Kier molecular flexibility index (Phi) is 9.12. The van der Waals surface area contributed by atoms with Crippen LogP contribution < -0.4 is 23.8 Å². The van der Waals surface area contributed by atoms with Gasteiger partial charge in [-0.05, 0) is 29.8 Å². The number of rotatable bonds is 7. The van der Waals surface area contributed by atoms with E-state index in [-0.39, 0.29) is 18.9 Å². The summed E-state index contributed by atoms with van der Waals surface area (Å²) in [6.07, 6.45) is 6.96. The first-order valence-corrected chi connectivity index (χ1v) is 7.36. The molecular weight excluding hydrogens is 291 g/mol. The number of para-hydroxylation sites is 1. The predicted molar refractivity (Wildman–Crippen MR) is 96.2 cm³/mol. The van der Waals surface area contributed by atoms with E-state index in [1.54, 1.807) is 24.5 Å². The van der Waals surface area contributed by atoms with Gasteiger partial charge < -0.3 is 15.0 Å². The van der Waals surface area contributed by atoms with Crippen molar-refractivity contribution >= 4 is 11.6 Å². The molecule has 2 rings (SSSR count). The Morgan fingerprint density at radius 3 is 2.29 bits per heavy atom. The molecule has 0 radical (unpaired) electrons. The van der Waals surface area contributed by atoms with E-state index in [0.29, 0.717) is 12.3 Å². The van der Waals surface area contributed by atoms with Gasteiger partial charge in [-0.25, -0.2) is 5.87 Å². The molecule has 2 aromatic rings. The molecule has 3 nitrogen and oxygen atoms in total. The Bertz CT molecular complexity index is 705. The molecule has 0 unspecified atom stereocenters. The van der Waals surface area contributed by atoms with Crippen molar-refractivity contribution < 1.29 is 23.6 Å². The van der Waals surface area contributed by atoms with Crippen LogP contribution in [-0.2, 0) is 11.3 Å². The minimum Gasteiger partial charge on any atom is -0.762 e. The first kappa shape index (κ1) is 19.6. The van der Waals surface area contributed by atoms with Crippen LogP contribution in [-0.4, -0.2) is 12.9 Å². The Hall–Kier alpha value is -2.43. The normalized spacial score (nSPS) is 10.2. The van der Waals surface area contributed by atoms with Gasteiger partial charge in [-0.1, -0.05) is 54.6 Å². The first-order chi connectivity index (χ1) is 11.3. The number of ether oxygens (including phenoxy) is 1. The molecule has 0 spiro atoms. The molecule has 0 N–H and O–H groups in total. The van der Waals surface area contributed by atoms with Gasteiger partial charge in [0.15, 0.2) is 0 Å². The SMILES string of the molecule is CN(C(=C=[N-])C=C/C=C/OCc1ccccc1)c1ccccc1.[Li+]. The second-order valence-electron chi connectivity index (χ2n) is 4.88. The van der Waals surface area contributed by atoms with E-state index in [0.717, 1.165) is 11.3 Å². The maximum atomic E-state index is 9.27. The van der Waals surface area contributed by atoms with Crippen LogP contribution in [0.4, 0.5) is 5.69 Å². The quantitative estimate of drug-likeness (QED) is 0.336. The average molecular weight is 310 g/mol. The van der Waals surface area contributed by atoms with Crippen LogP contribution in [0.2, 0.25) is 0 Å². The molecule has 24 heavy (non-hydrogen) atoms. The zero-order valence-electron chi connectivity index (χ0n) is 14.1. The summed E-state index contributed by atoms with van der Waals surface area (Å²) in [6.45, 7) is 0.532. The Morgan fingerprint density at radius 2 is 1.67 bits per heavy atom. The van der Waals surface area contributed by atoms with Crippen molar-refractivity contribution in [2.45, 2.75) is 6.61 Å². The Labute approximate surface area is 155 Å². The zero-order chi connectivity index (χ0) is 16.3. The van der Waals surface area contributed by atoms with E-state index in [1.807, 2.05) is 72.6 Å². The Balaban J connectivity index is 0.00000288. The van der Waals surface area contributed by atoms with Crippen molar-refractivity contribution in [1.82, 2.24) is 0 Å². The summed E-state index contributed by atoms with van der Waals surface area (Å²) in [4.78, 5) is 1.84. The van der Waals surface area contributed by atoms with Crippen LogP contribution in [0.1, 0.15) is 5.56 Å². The van der Waals surface area contributed by atoms with Crippen molar-refractivity contribution in [2.75, 3.05) is 11.9 Å². The van der Waals surface area contributed by atoms with Crippen LogP contribution in [0.5, 0.6) is 0 Å². The first-order valence-electron chi connectivity index (χ1n) is 7.36. The molecule has 116 valence electrons. The van der Waals surface area contributed by atoms with Crippen LogP contribution in [0.3, 0.4) is 0 Å². The summed E-state index contributed by atoms with van der Waals surface area (Å²) in [5.74, 6) is 2.20. The third-order valence-corrected chi connectivity index (χ3v) is 3.25. The van der Waals surface area contributed by atoms with Gasteiger partial charge in [-0.3, -0.25) is 0 Å². The fourth-order valence-electron chi connectivity index (χ4n) is 1.98. The molecule has 0 fully saturated rings. The minimum atomic E-state index is 0. The Morgan fingerprint density at radius 1 is 1.04 bits per heavy atom. The molecule has 0 saturated carbocycles. The topological polar surface area (TPSA) is 34.8 Å². The number of nitrogens with zero attached hydrogens (tertiary/aromatic N) is 2. The van der Waals surface area contributed by atoms with Gasteiger partial charge in [0.25, 0.3) is 0 Å². The van der Waals surface area contributed by atoms with E-state index in [2.05, 4.69) is 5.87 Å². The molecule has 0 aliphatic carbocycles. The molecule has 2 aromatic carbocycles. The maximum absolute atomic E-state index is 9.27. The molecule has 0 amide bonds. The van der Waals surface area contributed by atoms with Crippen LogP contribution in [0.25, 0.3) is 5.41 Å². The van der Waals surface area contributed by atoms with Crippen LogP contribution in [0, 0.1) is 0 Å². The average Bonchev–Trinajstić information content (AvgIpc) is 2.62. The molecular formula is C20H19LiN2O. The molecule has 0 aliphatic rings. The van der Waals surface area contributed by atoms with Gasteiger partial charge in [0.05, 0.1) is 12.0 Å². The second-order valence-corrected chi connectivity index (χ2v) is 4.88. The van der Waals surface area contributed by atoms with Crippen molar-refractivity contribution in [2.24, 2.45) is 0 Å². The number of allylic oxidation sites excluding steroid dienone is 3. The molecule has 0 heterocycles. The third-order valence-electron chi connectivity index (χ3n) is 3.25. The summed E-state index contributed by atoms with van der Waals surface area (Å²) in [5, 5.41) is 9.27. The van der Waals surface area contributed by atoms with E-state index >= 15 is 0 Å². The largest absolute Gasteiger partial charge is 1.00 e. The van der Waals surface area contributed by atoms with Crippen molar-refractivity contribution in [3.8, 4) is 0 Å². The van der Waals surface area contributed by atoms with E-state index in [4.69, 9.17) is 4.74 Å². The van der Waals surface area contributed by atoms with Gasteiger partial charge in [0.1, 0.15) is 6.61 Å². The molecule has 0 bridgehead atoms. The summed E-state index contributed by atoms with van der Waals surface area (Å²) >= 11 is 0. The van der Waals surface area contributed by atoms with Crippen molar-refractivity contribution in [3.63, 3.8) is 0 Å². The zero-order valence-corrected chi connectivity index (χ0v) is 14.1. The fraction of sp³-hybridized carbons (Fsp3) is 0.100. The summed E-state index contributed by atoms with van der Waals surface area (Å²) in [7, 11) is 1.87. The fourth-order valence-corrected chi connectivity index (χ4v) is 1.98. The van der Waals surface area contributed by atoms with Crippen LogP contribution >= 0.6 is 0 Å². The van der Waals surface area contributed by atoms with Crippen molar-refractivity contribution in [1.29, 1.82) is 0 Å². The number of hydrogen-bond donors (Lipinski definition) is 0. The molecule has 4 heteroatoms. The van der Waals surface area contributed by atoms with Gasteiger partial charge in [-0.15, -0.1) is 0 Å². The van der Waals surface area contributed by atoms with E-state index in [9.17, 15) is 5.41 Å². The molecule has 0 aromatic heterocycles. The standard InChI is InChI=1S/C20H19N2O.Li/c1-22(19-12-6-3-7-13-19)20(16-21)14-8-9-15-23-17-18-10-4-2-5-11-18;/h2-15H,17H2,1H3;/q-1;+1/b14-8?,15-9+;. The van der Waals surface area contributed by atoms with Gasteiger partial charge in [0, 0.05) is 12.7 Å². The van der Waals surface area contributed by atoms with Gasteiger partial charge >= 0.3 is 18.9 Å². The number of hydrogen-bond acceptors (Lipinski definition) is 2. The third kappa shape index (κ3) is 6.36. The number of likely N-dealkylation sites (N-methyl/N-ethyl adjacent to an activating group) is 1. The smallest absolute Gasteiger partial charge is 0.762 e. The second kappa shape index (κ2) is 11.2. The maximum Gasteiger partial charge on any atom is 1.00 e. The van der Waals surface area contributed by atoms with E-state index in [1.165, 1.54) is 0 Å². The summed E-state index contributed by atoms with van der Waals surface area (Å²) < 4.78 is 5.44. The van der Waals surface area contributed by atoms with Gasteiger partial charge in [0.2, 0.25) is 0 Å². The molecule has 0 saturated heterocycles. The summed E-state index contributed by atoms with van der Waals surface area (Å²) in [5.41, 5.74) is 2.65. The van der Waals surface area contributed by atoms with Crippen molar-refractivity contribution in [3.05, 3.63) is 102 Å².